The number of benzene rings is 1. The van der Waals surface area contributed by atoms with Gasteiger partial charge in [0.25, 0.3) is 0 Å². The fourth-order valence-electron chi connectivity index (χ4n) is 1.73. The maximum Gasteiger partial charge on any atom is 0.0585 e. The van der Waals surface area contributed by atoms with E-state index in [4.69, 9.17) is 10.2 Å². The van der Waals surface area contributed by atoms with Crippen molar-refractivity contribution in [1.29, 1.82) is 0 Å². The van der Waals surface area contributed by atoms with Crippen LogP contribution in [0.2, 0.25) is 0 Å². The standard InChI is InChI=1S/C13H20BrNO2/c1-10-2-3-12(14)8-11(10)4-6-15-13(9-17)5-7-16/h2-3,8,13,15-17H,4-7,9H2,1H3. The topological polar surface area (TPSA) is 52.5 Å². The Labute approximate surface area is 111 Å². The molecule has 0 aliphatic heterocycles. The largest absolute Gasteiger partial charge is 0.396 e. The lowest BCUT2D eigenvalue weighted by atomic mass is 10.1. The Morgan fingerprint density at radius 3 is 2.76 bits per heavy atom. The van der Waals surface area contributed by atoms with Gasteiger partial charge < -0.3 is 15.5 Å². The molecule has 1 atom stereocenters. The smallest absolute Gasteiger partial charge is 0.0585 e. The van der Waals surface area contributed by atoms with Crippen molar-refractivity contribution in [3.05, 3.63) is 33.8 Å². The summed E-state index contributed by atoms with van der Waals surface area (Å²) < 4.78 is 1.09. The predicted octanol–water partition coefficient (Wildman–Crippen LogP) is 1.63. The van der Waals surface area contributed by atoms with Crippen LogP contribution in [-0.2, 0) is 6.42 Å². The number of aryl methyl sites for hydroxylation is 1. The minimum Gasteiger partial charge on any atom is -0.396 e. The minimum atomic E-state index is -0.00698. The van der Waals surface area contributed by atoms with Crippen LogP contribution in [0.25, 0.3) is 0 Å². The van der Waals surface area contributed by atoms with Gasteiger partial charge in [-0.3, -0.25) is 0 Å². The average Bonchev–Trinajstić information content (AvgIpc) is 2.32. The molecule has 3 nitrogen and oxygen atoms in total. The Morgan fingerprint density at radius 2 is 2.12 bits per heavy atom. The molecule has 0 fully saturated rings. The van der Waals surface area contributed by atoms with E-state index < -0.39 is 0 Å². The first-order valence-electron chi connectivity index (χ1n) is 5.87. The highest BCUT2D eigenvalue weighted by atomic mass is 79.9. The minimum absolute atomic E-state index is 0.00698. The van der Waals surface area contributed by atoms with Gasteiger partial charge in [-0.05, 0) is 49.6 Å². The van der Waals surface area contributed by atoms with Gasteiger partial charge in [0, 0.05) is 17.1 Å². The summed E-state index contributed by atoms with van der Waals surface area (Å²) in [5.74, 6) is 0. The number of halogens is 1. The first kappa shape index (κ1) is 14.6. The van der Waals surface area contributed by atoms with Crippen molar-refractivity contribution in [3.63, 3.8) is 0 Å². The van der Waals surface area contributed by atoms with E-state index in [-0.39, 0.29) is 19.3 Å². The first-order chi connectivity index (χ1) is 8.17. The third-order valence-corrected chi connectivity index (χ3v) is 3.33. The van der Waals surface area contributed by atoms with Crippen molar-refractivity contribution < 1.29 is 10.2 Å². The molecule has 0 amide bonds. The normalized spacial score (nSPS) is 12.7. The molecular formula is C13H20BrNO2. The summed E-state index contributed by atoms with van der Waals surface area (Å²) in [5.41, 5.74) is 2.57. The Balaban J connectivity index is 2.42. The zero-order valence-electron chi connectivity index (χ0n) is 10.1. The van der Waals surface area contributed by atoms with Crippen molar-refractivity contribution in [2.75, 3.05) is 19.8 Å². The second-order valence-electron chi connectivity index (χ2n) is 4.17. The Bertz CT molecular complexity index is 344. The molecule has 17 heavy (non-hydrogen) atoms. The van der Waals surface area contributed by atoms with E-state index in [1.807, 2.05) is 6.07 Å². The SMILES string of the molecule is Cc1ccc(Br)cc1CCNC(CO)CCO. The van der Waals surface area contributed by atoms with Gasteiger partial charge in [0.05, 0.1) is 6.61 Å². The van der Waals surface area contributed by atoms with Gasteiger partial charge in [0.1, 0.15) is 0 Å². The molecule has 0 saturated carbocycles. The van der Waals surface area contributed by atoms with E-state index in [9.17, 15) is 0 Å². The summed E-state index contributed by atoms with van der Waals surface area (Å²) in [5, 5.41) is 21.1. The number of rotatable bonds is 7. The van der Waals surface area contributed by atoms with Gasteiger partial charge >= 0.3 is 0 Å². The summed E-state index contributed by atoms with van der Waals surface area (Å²) in [6, 6.07) is 6.25. The molecule has 4 heteroatoms. The van der Waals surface area contributed by atoms with E-state index >= 15 is 0 Å². The van der Waals surface area contributed by atoms with Crippen LogP contribution < -0.4 is 5.32 Å². The zero-order chi connectivity index (χ0) is 12.7. The lowest BCUT2D eigenvalue weighted by Crippen LogP contribution is -2.34. The molecule has 0 bridgehead atoms. The van der Waals surface area contributed by atoms with Crippen LogP contribution in [0.5, 0.6) is 0 Å². The van der Waals surface area contributed by atoms with Gasteiger partial charge in [-0.25, -0.2) is 0 Å². The van der Waals surface area contributed by atoms with Crippen molar-refractivity contribution in [2.24, 2.45) is 0 Å². The predicted molar refractivity (Wildman–Crippen MR) is 73.2 cm³/mol. The van der Waals surface area contributed by atoms with Crippen LogP contribution >= 0.6 is 15.9 Å². The molecule has 0 heterocycles. The lowest BCUT2D eigenvalue weighted by molar-refractivity contribution is 0.201. The maximum atomic E-state index is 9.07. The Hall–Kier alpha value is -0.420. The zero-order valence-corrected chi connectivity index (χ0v) is 11.7. The maximum absolute atomic E-state index is 9.07. The lowest BCUT2D eigenvalue weighted by Gasteiger charge is -2.15. The second-order valence-corrected chi connectivity index (χ2v) is 5.08. The Kier molecular flexibility index (Phi) is 6.73. The molecule has 0 aromatic heterocycles. The number of aliphatic hydroxyl groups excluding tert-OH is 2. The molecule has 0 aliphatic rings. The van der Waals surface area contributed by atoms with Crippen LogP contribution in [0.15, 0.2) is 22.7 Å². The van der Waals surface area contributed by atoms with E-state index in [1.165, 1.54) is 11.1 Å². The second kappa shape index (κ2) is 7.82. The molecule has 96 valence electrons. The van der Waals surface area contributed by atoms with E-state index in [0.29, 0.717) is 6.42 Å². The highest BCUT2D eigenvalue weighted by Gasteiger charge is 2.06. The molecule has 1 aromatic rings. The van der Waals surface area contributed by atoms with E-state index in [0.717, 1.165) is 17.4 Å². The molecule has 1 unspecified atom stereocenters. The molecule has 3 N–H and O–H groups in total. The molecule has 0 radical (unpaired) electrons. The van der Waals surface area contributed by atoms with Crippen LogP contribution in [0.1, 0.15) is 17.5 Å². The van der Waals surface area contributed by atoms with Gasteiger partial charge in [0.2, 0.25) is 0 Å². The summed E-state index contributed by atoms with van der Waals surface area (Å²) in [6.45, 7) is 3.08. The molecule has 0 spiro atoms. The van der Waals surface area contributed by atoms with Gasteiger partial charge in [-0.2, -0.15) is 0 Å². The fraction of sp³-hybridized carbons (Fsp3) is 0.538. The van der Waals surface area contributed by atoms with Gasteiger partial charge in [-0.1, -0.05) is 22.0 Å². The van der Waals surface area contributed by atoms with Gasteiger partial charge in [-0.15, -0.1) is 0 Å². The van der Waals surface area contributed by atoms with Gasteiger partial charge in [0.15, 0.2) is 0 Å². The highest BCUT2D eigenvalue weighted by Crippen LogP contribution is 2.16. The number of hydrogen-bond acceptors (Lipinski definition) is 3. The van der Waals surface area contributed by atoms with Crippen LogP contribution in [0.4, 0.5) is 0 Å². The number of aliphatic hydroxyl groups is 2. The summed E-state index contributed by atoms with van der Waals surface area (Å²) >= 11 is 3.46. The number of nitrogens with one attached hydrogen (secondary N) is 1. The monoisotopic (exact) mass is 301 g/mol. The van der Waals surface area contributed by atoms with Crippen molar-refractivity contribution in [2.45, 2.75) is 25.8 Å². The third kappa shape index (κ3) is 5.17. The molecule has 1 aromatic carbocycles. The average molecular weight is 302 g/mol. The van der Waals surface area contributed by atoms with Crippen molar-refractivity contribution in [1.82, 2.24) is 5.32 Å². The quantitative estimate of drug-likeness (QED) is 0.717. The van der Waals surface area contributed by atoms with Crippen LogP contribution in [0, 0.1) is 6.92 Å². The molecular weight excluding hydrogens is 282 g/mol. The summed E-state index contributed by atoms with van der Waals surface area (Å²) in [7, 11) is 0. The number of hydrogen-bond donors (Lipinski definition) is 3. The summed E-state index contributed by atoms with van der Waals surface area (Å²) in [4.78, 5) is 0. The molecule has 0 saturated heterocycles. The van der Waals surface area contributed by atoms with Crippen molar-refractivity contribution in [3.8, 4) is 0 Å². The summed E-state index contributed by atoms with van der Waals surface area (Å²) in [6.07, 6.45) is 1.52. The first-order valence-corrected chi connectivity index (χ1v) is 6.66. The van der Waals surface area contributed by atoms with Crippen LogP contribution in [-0.4, -0.2) is 36.0 Å². The molecule has 0 aliphatic carbocycles. The fourth-order valence-corrected chi connectivity index (χ4v) is 2.14. The van der Waals surface area contributed by atoms with E-state index in [2.05, 4.69) is 40.3 Å². The van der Waals surface area contributed by atoms with Crippen LogP contribution in [0.3, 0.4) is 0 Å². The third-order valence-electron chi connectivity index (χ3n) is 2.84. The Morgan fingerprint density at radius 1 is 1.35 bits per heavy atom. The molecule has 1 rings (SSSR count). The van der Waals surface area contributed by atoms with Crippen molar-refractivity contribution >= 4 is 15.9 Å². The van der Waals surface area contributed by atoms with E-state index in [1.54, 1.807) is 0 Å². The highest BCUT2D eigenvalue weighted by molar-refractivity contribution is 9.10.